The van der Waals surface area contributed by atoms with Gasteiger partial charge in [0.1, 0.15) is 0 Å². The van der Waals surface area contributed by atoms with Crippen LogP contribution in [0.1, 0.15) is 16.1 Å². The van der Waals surface area contributed by atoms with Crippen LogP contribution in [0.2, 0.25) is 0 Å². The lowest BCUT2D eigenvalue weighted by molar-refractivity contribution is 0.0598. The molecule has 4 nitrogen and oxygen atoms in total. The molecular formula is C14H16N2O2S. The third-order valence-corrected chi connectivity index (χ3v) is 4.11. The van der Waals surface area contributed by atoms with Crippen LogP contribution in [0.15, 0.2) is 39.6 Å². The molecule has 1 aliphatic heterocycles. The molecule has 100 valence electrons. The third kappa shape index (κ3) is 2.88. The fourth-order valence-corrected chi connectivity index (χ4v) is 2.97. The van der Waals surface area contributed by atoms with E-state index in [2.05, 4.69) is 21.7 Å². The molecule has 19 heavy (non-hydrogen) atoms. The first kappa shape index (κ1) is 12.4. The maximum atomic E-state index is 12.1. The minimum Gasteiger partial charge on any atom is -0.459 e. The lowest BCUT2D eigenvalue weighted by atomic mass is 10.2. The molecule has 1 aliphatic rings. The number of hydrogen-bond acceptors (Lipinski definition) is 4. The highest BCUT2D eigenvalue weighted by atomic mass is 32.1. The zero-order valence-electron chi connectivity index (χ0n) is 10.6. The van der Waals surface area contributed by atoms with Crippen LogP contribution >= 0.6 is 11.3 Å². The Balaban J connectivity index is 1.53. The van der Waals surface area contributed by atoms with Crippen LogP contribution in [0.5, 0.6) is 0 Å². The molecule has 1 amide bonds. The summed E-state index contributed by atoms with van der Waals surface area (Å²) in [5.74, 6) is 0.437. The van der Waals surface area contributed by atoms with Gasteiger partial charge in [0.25, 0.3) is 5.91 Å². The van der Waals surface area contributed by atoms with Gasteiger partial charge in [-0.1, -0.05) is 0 Å². The summed E-state index contributed by atoms with van der Waals surface area (Å²) >= 11 is 1.73. The van der Waals surface area contributed by atoms with E-state index in [1.807, 2.05) is 4.90 Å². The van der Waals surface area contributed by atoms with E-state index in [9.17, 15) is 4.79 Å². The van der Waals surface area contributed by atoms with E-state index in [0.717, 1.165) is 32.7 Å². The highest BCUT2D eigenvalue weighted by molar-refractivity contribution is 7.07. The first-order valence-corrected chi connectivity index (χ1v) is 7.33. The van der Waals surface area contributed by atoms with Crippen LogP contribution in [0.3, 0.4) is 0 Å². The molecule has 2 aromatic heterocycles. The number of thiophene rings is 1. The predicted octanol–water partition coefficient (Wildman–Crippen LogP) is 2.30. The van der Waals surface area contributed by atoms with E-state index in [0.29, 0.717) is 5.76 Å². The van der Waals surface area contributed by atoms with Gasteiger partial charge in [0.05, 0.1) is 6.26 Å². The number of piperazine rings is 1. The molecule has 0 unspecified atom stereocenters. The molecule has 0 aliphatic carbocycles. The first-order valence-electron chi connectivity index (χ1n) is 6.39. The zero-order chi connectivity index (χ0) is 13.1. The summed E-state index contributed by atoms with van der Waals surface area (Å²) in [5.41, 5.74) is 1.36. The number of nitrogens with zero attached hydrogens (tertiary/aromatic N) is 2. The fraction of sp³-hybridized carbons (Fsp3) is 0.357. The molecule has 0 N–H and O–H groups in total. The molecule has 1 saturated heterocycles. The minimum atomic E-state index is 0.000170. The van der Waals surface area contributed by atoms with Gasteiger partial charge in [-0.2, -0.15) is 11.3 Å². The Morgan fingerprint density at radius 1 is 1.26 bits per heavy atom. The maximum Gasteiger partial charge on any atom is 0.289 e. The van der Waals surface area contributed by atoms with Crippen molar-refractivity contribution < 1.29 is 9.21 Å². The SMILES string of the molecule is O=C(c1ccco1)N1CCN(Cc2ccsc2)CC1. The summed E-state index contributed by atoms with van der Waals surface area (Å²) in [5, 5.41) is 4.28. The topological polar surface area (TPSA) is 36.7 Å². The van der Waals surface area contributed by atoms with Gasteiger partial charge in [0.2, 0.25) is 0 Å². The largest absolute Gasteiger partial charge is 0.459 e. The Morgan fingerprint density at radius 2 is 2.11 bits per heavy atom. The second kappa shape index (κ2) is 5.59. The van der Waals surface area contributed by atoms with Crippen molar-refractivity contribution in [3.8, 4) is 0 Å². The highest BCUT2D eigenvalue weighted by Crippen LogP contribution is 2.13. The van der Waals surface area contributed by atoms with Gasteiger partial charge in [0.15, 0.2) is 5.76 Å². The summed E-state index contributed by atoms with van der Waals surface area (Å²) in [6, 6.07) is 5.63. The van der Waals surface area contributed by atoms with E-state index in [1.165, 1.54) is 5.56 Å². The lowest BCUT2D eigenvalue weighted by Crippen LogP contribution is -2.48. The van der Waals surface area contributed by atoms with E-state index in [-0.39, 0.29) is 5.91 Å². The van der Waals surface area contributed by atoms with Crippen LogP contribution in [0.25, 0.3) is 0 Å². The van der Waals surface area contributed by atoms with Gasteiger partial charge in [0, 0.05) is 32.7 Å². The smallest absolute Gasteiger partial charge is 0.289 e. The Labute approximate surface area is 116 Å². The van der Waals surface area contributed by atoms with E-state index in [1.54, 1.807) is 29.7 Å². The minimum absolute atomic E-state index is 0.000170. The molecular weight excluding hydrogens is 260 g/mol. The zero-order valence-corrected chi connectivity index (χ0v) is 11.4. The van der Waals surface area contributed by atoms with Crippen LogP contribution in [-0.2, 0) is 6.54 Å². The number of furan rings is 1. The van der Waals surface area contributed by atoms with Gasteiger partial charge in [-0.15, -0.1) is 0 Å². The van der Waals surface area contributed by atoms with Crippen molar-refractivity contribution in [2.75, 3.05) is 26.2 Å². The number of carbonyl (C=O) groups is 1. The van der Waals surface area contributed by atoms with E-state index in [4.69, 9.17) is 4.42 Å². The quantitative estimate of drug-likeness (QED) is 0.863. The Morgan fingerprint density at radius 3 is 2.74 bits per heavy atom. The molecule has 0 bridgehead atoms. The average molecular weight is 276 g/mol. The highest BCUT2D eigenvalue weighted by Gasteiger charge is 2.23. The molecule has 1 fully saturated rings. The number of carbonyl (C=O) groups excluding carboxylic acids is 1. The second-order valence-corrected chi connectivity index (χ2v) is 5.46. The Hall–Kier alpha value is -1.59. The molecule has 5 heteroatoms. The van der Waals surface area contributed by atoms with Crippen LogP contribution < -0.4 is 0 Å². The van der Waals surface area contributed by atoms with Crippen molar-refractivity contribution in [1.29, 1.82) is 0 Å². The van der Waals surface area contributed by atoms with Crippen molar-refractivity contribution in [1.82, 2.24) is 9.80 Å². The molecule has 0 radical (unpaired) electrons. The van der Waals surface area contributed by atoms with Crippen molar-refractivity contribution in [2.45, 2.75) is 6.54 Å². The first-order chi connectivity index (χ1) is 9.33. The van der Waals surface area contributed by atoms with Crippen molar-refractivity contribution >= 4 is 17.2 Å². The number of amides is 1. The van der Waals surface area contributed by atoms with Gasteiger partial charge < -0.3 is 9.32 Å². The summed E-state index contributed by atoms with van der Waals surface area (Å²) in [7, 11) is 0. The monoisotopic (exact) mass is 276 g/mol. The maximum absolute atomic E-state index is 12.1. The number of hydrogen-bond donors (Lipinski definition) is 0. The molecule has 0 saturated carbocycles. The summed E-state index contributed by atoms with van der Waals surface area (Å²) in [6.07, 6.45) is 1.54. The Kier molecular flexibility index (Phi) is 3.66. The molecule has 0 aromatic carbocycles. The van der Waals surface area contributed by atoms with Crippen molar-refractivity contribution in [3.63, 3.8) is 0 Å². The van der Waals surface area contributed by atoms with Gasteiger partial charge >= 0.3 is 0 Å². The predicted molar refractivity (Wildman–Crippen MR) is 74.2 cm³/mol. The van der Waals surface area contributed by atoms with Gasteiger partial charge in [-0.25, -0.2) is 0 Å². The van der Waals surface area contributed by atoms with E-state index >= 15 is 0 Å². The molecule has 0 spiro atoms. The normalized spacial score (nSPS) is 16.7. The fourth-order valence-electron chi connectivity index (χ4n) is 2.31. The molecule has 3 heterocycles. The van der Waals surface area contributed by atoms with Crippen molar-refractivity contribution in [2.24, 2.45) is 0 Å². The van der Waals surface area contributed by atoms with Gasteiger partial charge in [-0.05, 0) is 34.5 Å². The Bertz CT molecular complexity index is 514. The number of rotatable bonds is 3. The van der Waals surface area contributed by atoms with Crippen LogP contribution in [-0.4, -0.2) is 41.9 Å². The standard InChI is InChI=1S/C14H16N2O2S/c17-14(13-2-1-8-18-13)16-6-4-15(5-7-16)10-12-3-9-19-11-12/h1-3,8-9,11H,4-7,10H2. The molecule has 3 rings (SSSR count). The molecule has 0 atom stereocenters. The lowest BCUT2D eigenvalue weighted by Gasteiger charge is -2.34. The van der Waals surface area contributed by atoms with Gasteiger partial charge in [-0.3, -0.25) is 9.69 Å². The van der Waals surface area contributed by atoms with E-state index < -0.39 is 0 Å². The van der Waals surface area contributed by atoms with Crippen LogP contribution in [0.4, 0.5) is 0 Å². The average Bonchev–Trinajstić information content (AvgIpc) is 3.12. The summed E-state index contributed by atoms with van der Waals surface area (Å²) in [6.45, 7) is 4.35. The molecule has 2 aromatic rings. The third-order valence-electron chi connectivity index (χ3n) is 3.38. The summed E-state index contributed by atoms with van der Waals surface area (Å²) in [4.78, 5) is 16.3. The summed E-state index contributed by atoms with van der Waals surface area (Å²) < 4.78 is 5.16. The van der Waals surface area contributed by atoms with Crippen molar-refractivity contribution in [3.05, 3.63) is 46.5 Å². The van der Waals surface area contributed by atoms with Crippen LogP contribution in [0, 0.1) is 0 Å². The second-order valence-electron chi connectivity index (χ2n) is 4.68.